The van der Waals surface area contributed by atoms with Crippen molar-refractivity contribution in [3.05, 3.63) is 46.2 Å². The second-order valence-corrected chi connectivity index (χ2v) is 8.02. The van der Waals surface area contributed by atoms with Crippen LogP contribution in [0.3, 0.4) is 0 Å². The Morgan fingerprint density at radius 1 is 1.10 bits per heavy atom. The van der Waals surface area contributed by atoms with Gasteiger partial charge in [0.05, 0.1) is 41.8 Å². The van der Waals surface area contributed by atoms with Gasteiger partial charge >= 0.3 is 5.97 Å². The lowest BCUT2D eigenvalue weighted by atomic mass is 9.65. The van der Waals surface area contributed by atoms with E-state index in [1.54, 1.807) is 0 Å². The first-order valence-electron chi connectivity index (χ1n) is 9.28. The van der Waals surface area contributed by atoms with Crippen molar-refractivity contribution >= 4 is 17.5 Å². The highest BCUT2D eigenvalue weighted by Crippen LogP contribution is 2.55. The first kappa shape index (κ1) is 20.1. The minimum Gasteiger partial charge on any atom is -0.512 e. The SMILES string of the molecule is COC(=O)[C@@H]1c2c(O)c3c(c(O)c2[C@@H](O)C[C@@]1(C)O)C(=O)[C@@H]1C(O)=CC=C[C@H]1C3=O. The first-order valence-corrected chi connectivity index (χ1v) is 9.28. The molecule has 0 unspecified atom stereocenters. The number of fused-ring (bicyclic) bond motifs is 3. The van der Waals surface area contributed by atoms with Crippen LogP contribution in [0.2, 0.25) is 0 Å². The summed E-state index contributed by atoms with van der Waals surface area (Å²) in [4.78, 5) is 38.7. The summed E-state index contributed by atoms with van der Waals surface area (Å²) < 4.78 is 4.73. The van der Waals surface area contributed by atoms with Crippen LogP contribution in [0.15, 0.2) is 24.0 Å². The maximum Gasteiger partial charge on any atom is 0.316 e. The fraction of sp³-hybridized carbons (Fsp3) is 0.381. The molecule has 1 aromatic rings. The van der Waals surface area contributed by atoms with Gasteiger partial charge in [-0.2, -0.15) is 0 Å². The molecule has 0 radical (unpaired) electrons. The number of phenolic OH excluding ortho intramolecular Hbond substituents is 2. The average Bonchev–Trinajstić information content (AvgIpc) is 2.66. The van der Waals surface area contributed by atoms with E-state index in [1.165, 1.54) is 25.2 Å². The van der Waals surface area contributed by atoms with E-state index in [-0.39, 0.29) is 16.9 Å². The number of phenols is 2. The number of Topliss-reactive ketones (excluding diaryl/α,β-unsaturated/α-hetero) is 2. The molecule has 0 saturated heterocycles. The number of esters is 1. The number of methoxy groups -OCH3 is 1. The molecule has 0 spiro atoms. The van der Waals surface area contributed by atoms with Crippen LogP contribution in [-0.4, -0.2) is 55.8 Å². The number of ether oxygens (including phenoxy) is 1. The minimum absolute atomic E-state index is 0.331. The van der Waals surface area contributed by atoms with Gasteiger partial charge in [-0.25, -0.2) is 0 Å². The molecule has 9 heteroatoms. The quantitative estimate of drug-likeness (QED) is 0.334. The highest BCUT2D eigenvalue weighted by Gasteiger charge is 2.54. The summed E-state index contributed by atoms with van der Waals surface area (Å²) in [5.41, 5.74) is -3.61. The molecule has 0 bridgehead atoms. The molecule has 4 rings (SSSR count). The van der Waals surface area contributed by atoms with Crippen molar-refractivity contribution in [3.8, 4) is 11.5 Å². The second kappa shape index (κ2) is 6.41. The zero-order valence-electron chi connectivity index (χ0n) is 16.1. The summed E-state index contributed by atoms with van der Waals surface area (Å²) >= 11 is 0. The maximum atomic E-state index is 13.1. The number of aromatic hydroxyl groups is 2. The van der Waals surface area contributed by atoms with Crippen molar-refractivity contribution in [2.45, 2.75) is 31.0 Å². The van der Waals surface area contributed by atoms with Crippen molar-refractivity contribution < 1.29 is 44.7 Å². The smallest absolute Gasteiger partial charge is 0.316 e. The van der Waals surface area contributed by atoms with E-state index < -0.39 is 76.0 Å². The van der Waals surface area contributed by atoms with Crippen LogP contribution in [0.1, 0.15) is 57.2 Å². The Morgan fingerprint density at radius 3 is 2.33 bits per heavy atom. The zero-order valence-corrected chi connectivity index (χ0v) is 16.1. The number of aliphatic hydroxyl groups is 3. The standard InChI is InChI=1S/C21H20O9/c1-21(29)6-9(23)11-12(15(21)20(28)30-2)19(27)13-14(18(11)26)17(25)10-7(16(13)24)4-3-5-8(10)22/h3-5,7,9-10,15,22-23,26-27,29H,6H2,1-2H3/t7-,9+,10+,15+,21-/m1/s1. The van der Waals surface area contributed by atoms with Crippen molar-refractivity contribution in [1.29, 1.82) is 0 Å². The van der Waals surface area contributed by atoms with Gasteiger partial charge in [0.15, 0.2) is 11.6 Å². The molecule has 5 atom stereocenters. The molecule has 1 aromatic carbocycles. The van der Waals surface area contributed by atoms with Gasteiger partial charge in [0.25, 0.3) is 0 Å². The molecule has 3 aliphatic carbocycles. The van der Waals surface area contributed by atoms with Gasteiger partial charge in [0, 0.05) is 17.5 Å². The largest absolute Gasteiger partial charge is 0.512 e. The fourth-order valence-corrected chi connectivity index (χ4v) is 4.81. The third-order valence-corrected chi connectivity index (χ3v) is 6.15. The number of hydrogen-bond donors (Lipinski definition) is 5. The number of allylic oxidation sites excluding steroid dienone is 4. The molecule has 0 amide bonds. The lowest BCUT2D eigenvalue weighted by Gasteiger charge is -2.41. The summed E-state index contributed by atoms with van der Waals surface area (Å²) in [6.45, 7) is 1.26. The maximum absolute atomic E-state index is 13.1. The normalized spacial score (nSPS) is 32.1. The number of rotatable bonds is 1. The molecule has 0 saturated carbocycles. The van der Waals surface area contributed by atoms with E-state index in [1.807, 2.05) is 0 Å². The predicted molar refractivity (Wildman–Crippen MR) is 100 cm³/mol. The van der Waals surface area contributed by atoms with Gasteiger partial charge in [-0.3, -0.25) is 14.4 Å². The minimum atomic E-state index is -1.87. The first-order chi connectivity index (χ1) is 14.0. The molecule has 158 valence electrons. The number of carbonyl (C=O) groups excluding carboxylic acids is 3. The van der Waals surface area contributed by atoms with E-state index in [4.69, 9.17) is 4.74 Å². The van der Waals surface area contributed by atoms with E-state index in [2.05, 4.69) is 0 Å². The lowest BCUT2D eigenvalue weighted by Crippen LogP contribution is -2.45. The van der Waals surface area contributed by atoms with E-state index >= 15 is 0 Å². The second-order valence-electron chi connectivity index (χ2n) is 8.02. The average molecular weight is 416 g/mol. The summed E-state index contributed by atoms with van der Waals surface area (Å²) in [5, 5.41) is 53.3. The highest BCUT2D eigenvalue weighted by atomic mass is 16.5. The molecule has 0 heterocycles. The van der Waals surface area contributed by atoms with Gasteiger partial charge in [0.1, 0.15) is 23.2 Å². The Bertz CT molecular complexity index is 1060. The summed E-state index contributed by atoms with van der Waals surface area (Å²) in [6.07, 6.45) is 2.11. The van der Waals surface area contributed by atoms with Gasteiger partial charge in [-0.05, 0) is 13.0 Å². The predicted octanol–water partition coefficient (Wildman–Crippen LogP) is 1.17. The number of carbonyl (C=O) groups is 3. The summed E-state index contributed by atoms with van der Waals surface area (Å²) in [5.74, 6) is -8.31. The van der Waals surface area contributed by atoms with Crippen LogP contribution in [0, 0.1) is 11.8 Å². The third kappa shape index (κ3) is 2.45. The van der Waals surface area contributed by atoms with Crippen LogP contribution in [0.4, 0.5) is 0 Å². The van der Waals surface area contributed by atoms with Gasteiger partial charge in [0.2, 0.25) is 0 Å². The van der Waals surface area contributed by atoms with Gasteiger partial charge < -0.3 is 30.3 Å². The lowest BCUT2D eigenvalue weighted by molar-refractivity contribution is -0.151. The Labute approximate surface area is 170 Å². The highest BCUT2D eigenvalue weighted by molar-refractivity contribution is 6.21. The summed E-state index contributed by atoms with van der Waals surface area (Å²) in [6, 6.07) is 0. The number of aliphatic hydroxyl groups excluding tert-OH is 2. The van der Waals surface area contributed by atoms with Crippen molar-refractivity contribution in [1.82, 2.24) is 0 Å². The van der Waals surface area contributed by atoms with Crippen LogP contribution in [-0.2, 0) is 9.53 Å². The topological polar surface area (TPSA) is 162 Å². The number of hydrogen-bond acceptors (Lipinski definition) is 9. The Kier molecular flexibility index (Phi) is 4.30. The number of ketones is 2. The molecule has 0 aromatic heterocycles. The third-order valence-electron chi connectivity index (χ3n) is 6.15. The molecular formula is C21H20O9. The Hall–Kier alpha value is -3.17. The molecule has 0 aliphatic heterocycles. The van der Waals surface area contributed by atoms with Crippen molar-refractivity contribution in [2.75, 3.05) is 7.11 Å². The van der Waals surface area contributed by atoms with Gasteiger partial charge in [-0.1, -0.05) is 12.2 Å². The Balaban J connectivity index is 2.07. The van der Waals surface area contributed by atoms with E-state index in [0.29, 0.717) is 0 Å². The summed E-state index contributed by atoms with van der Waals surface area (Å²) in [7, 11) is 1.07. The van der Waals surface area contributed by atoms with E-state index in [0.717, 1.165) is 7.11 Å². The fourth-order valence-electron chi connectivity index (χ4n) is 4.81. The van der Waals surface area contributed by atoms with E-state index in [9.17, 15) is 39.9 Å². The van der Waals surface area contributed by atoms with Crippen LogP contribution >= 0.6 is 0 Å². The molecule has 5 N–H and O–H groups in total. The Morgan fingerprint density at radius 2 is 1.70 bits per heavy atom. The molecule has 0 fully saturated rings. The van der Waals surface area contributed by atoms with Crippen molar-refractivity contribution in [3.63, 3.8) is 0 Å². The van der Waals surface area contributed by atoms with Crippen molar-refractivity contribution in [2.24, 2.45) is 11.8 Å². The molecule has 9 nitrogen and oxygen atoms in total. The van der Waals surface area contributed by atoms with Crippen LogP contribution in [0.25, 0.3) is 0 Å². The zero-order chi connectivity index (χ0) is 22.1. The molecule has 30 heavy (non-hydrogen) atoms. The monoisotopic (exact) mass is 416 g/mol. The van der Waals surface area contributed by atoms with Crippen LogP contribution < -0.4 is 0 Å². The molecular weight excluding hydrogens is 396 g/mol. The molecule has 3 aliphatic rings. The van der Waals surface area contributed by atoms with Crippen LogP contribution in [0.5, 0.6) is 11.5 Å². The van der Waals surface area contributed by atoms with Gasteiger partial charge in [-0.15, -0.1) is 0 Å². The number of benzene rings is 1.